The largest absolute Gasteiger partial charge is 0.293 e. The van der Waals surface area contributed by atoms with Crippen LogP contribution in [-0.4, -0.2) is 30.3 Å². The summed E-state index contributed by atoms with van der Waals surface area (Å²) < 4.78 is 0. The molecule has 0 saturated heterocycles. The van der Waals surface area contributed by atoms with Crippen molar-refractivity contribution in [1.82, 2.24) is 4.90 Å². The zero-order valence-electron chi connectivity index (χ0n) is 7.68. The molecule has 11 heavy (non-hydrogen) atoms. The molecule has 0 aromatic rings. The number of hydrogen-bond acceptors (Lipinski definition) is 2. The number of thioether (sulfide) groups is 1. The van der Waals surface area contributed by atoms with E-state index < -0.39 is 0 Å². The van der Waals surface area contributed by atoms with E-state index in [1.54, 1.807) is 11.8 Å². The highest BCUT2D eigenvalue weighted by Gasteiger charge is 1.92. The van der Waals surface area contributed by atoms with Gasteiger partial charge in [0.2, 0.25) is 0 Å². The van der Waals surface area contributed by atoms with E-state index in [4.69, 9.17) is 0 Å². The van der Waals surface area contributed by atoms with Gasteiger partial charge in [-0.15, -0.1) is 0 Å². The summed E-state index contributed by atoms with van der Waals surface area (Å²) in [5, 5.41) is 3.06. The molecule has 0 fully saturated rings. The summed E-state index contributed by atoms with van der Waals surface area (Å²) in [4.78, 5) is 2.31. The molecule has 0 bridgehead atoms. The zero-order valence-corrected chi connectivity index (χ0v) is 8.50. The third kappa shape index (κ3) is 6.28. The molecule has 0 amide bonds. The van der Waals surface area contributed by atoms with Gasteiger partial charge in [0.25, 0.3) is 0 Å². The van der Waals surface area contributed by atoms with Gasteiger partial charge in [0, 0.05) is 5.75 Å². The van der Waals surface area contributed by atoms with E-state index in [1.807, 2.05) is 0 Å². The van der Waals surface area contributed by atoms with E-state index in [0.717, 1.165) is 25.4 Å². The van der Waals surface area contributed by atoms with E-state index in [0.29, 0.717) is 0 Å². The Labute approximate surface area is 74.5 Å². The molecule has 0 saturated carbocycles. The van der Waals surface area contributed by atoms with E-state index in [-0.39, 0.29) is 0 Å². The van der Waals surface area contributed by atoms with E-state index >= 15 is 0 Å². The maximum Gasteiger partial charge on any atom is 0.0610 e. The van der Waals surface area contributed by atoms with Gasteiger partial charge in [0.15, 0.2) is 0 Å². The predicted molar refractivity (Wildman–Crippen MR) is 53.7 cm³/mol. The number of rotatable bonds is 4. The second kappa shape index (κ2) is 7.97. The Bertz CT molecular complexity index is 130. The summed E-state index contributed by atoms with van der Waals surface area (Å²) in [6.45, 7) is 9.57. The SMILES string of the molecule is CCSC#CCN(CC)CC. The Balaban J connectivity index is 3.43. The smallest absolute Gasteiger partial charge is 0.0610 e. The van der Waals surface area contributed by atoms with Gasteiger partial charge in [-0.2, -0.15) is 0 Å². The van der Waals surface area contributed by atoms with Gasteiger partial charge >= 0.3 is 0 Å². The topological polar surface area (TPSA) is 3.24 Å². The molecule has 0 N–H and O–H groups in total. The second-order valence-corrected chi connectivity index (χ2v) is 3.24. The molecule has 0 aromatic heterocycles. The molecule has 64 valence electrons. The normalized spacial score (nSPS) is 9.45. The first-order valence-electron chi connectivity index (χ1n) is 4.17. The van der Waals surface area contributed by atoms with Crippen LogP contribution >= 0.6 is 11.8 Å². The van der Waals surface area contributed by atoms with Crippen LogP contribution in [0.1, 0.15) is 20.8 Å². The van der Waals surface area contributed by atoms with Crippen molar-refractivity contribution in [3.05, 3.63) is 0 Å². The maximum atomic E-state index is 3.13. The summed E-state index contributed by atoms with van der Waals surface area (Å²) in [7, 11) is 0. The molecule has 0 radical (unpaired) electrons. The lowest BCUT2D eigenvalue weighted by Crippen LogP contribution is -2.22. The van der Waals surface area contributed by atoms with Crippen LogP contribution in [-0.2, 0) is 0 Å². The number of hydrogen-bond donors (Lipinski definition) is 0. The third-order valence-corrected chi connectivity index (χ3v) is 2.06. The van der Waals surface area contributed by atoms with Gasteiger partial charge in [-0.1, -0.05) is 38.5 Å². The van der Waals surface area contributed by atoms with Crippen molar-refractivity contribution in [3.8, 4) is 11.2 Å². The molecule has 0 aliphatic rings. The highest BCUT2D eigenvalue weighted by atomic mass is 32.2. The summed E-state index contributed by atoms with van der Waals surface area (Å²) in [6, 6.07) is 0. The first-order chi connectivity index (χ1) is 5.35. The standard InChI is InChI=1S/C9H17NS/c1-4-10(5-2)8-7-9-11-6-3/h4-6,8H2,1-3H3. The third-order valence-electron chi connectivity index (χ3n) is 1.49. The Morgan fingerprint density at radius 3 is 2.27 bits per heavy atom. The summed E-state index contributed by atoms with van der Waals surface area (Å²) in [5.74, 6) is 4.22. The number of nitrogens with zero attached hydrogens (tertiary/aromatic N) is 1. The average Bonchev–Trinajstić information content (AvgIpc) is 2.05. The van der Waals surface area contributed by atoms with Crippen molar-refractivity contribution < 1.29 is 0 Å². The van der Waals surface area contributed by atoms with Gasteiger partial charge in [-0.25, -0.2) is 0 Å². The molecule has 0 aliphatic heterocycles. The van der Waals surface area contributed by atoms with Crippen LogP contribution in [0, 0.1) is 11.2 Å². The predicted octanol–water partition coefficient (Wildman–Crippen LogP) is 2.04. The zero-order chi connectivity index (χ0) is 8.53. The Hall–Kier alpha value is -0.130. The summed E-state index contributed by atoms with van der Waals surface area (Å²) in [6.07, 6.45) is 0. The molecule has 2 heteroatoms. The molecule has 1 nitrogen and oxygen atoms in total. The van der Waals surface area contributed by atoms with Crippen LogP contribution in [0.3, 0.4) is 0 Å². The van der Waals surface area contributed by atoms with Crippen LogP contribution < -0.4 is 0 Å². The lowest BCUT2D eigenvalue weighted by molar-refractivity contribution is 0.342. The van der Waals surface area contributed by atoms with Gasteiger partial charge in [0.1, 0.15) is 0 Å². The minimum Gasteiger partial charge on any atom is -0.293 e. The lowest BCUT2D eigenvalue weighted by Gasteiger charge is -2.12. The Kier molecular flexibility index (Phi) is 7.88. The van der Waals surface area contributed by atoms with E-state index in [9.17, 15) is 0 Å². The summed E-state index contributed by atoms with van der Waals surface area (Å²) >= 11 is 1.68. The fourth-order valence-electron chi connectivity index (χ4n) is 0.714. The van der Waals surface area contributed by atoms with E-state index in [1.165, 1.54) is 0 Å². The fraction of sp³-hybridized carbons (Fsp3) is 0.778. The van der Waals surface area contributed by atoms with Gasteiger partial charge in [0.05, 0.1) is 6.54 Å². The Morgan fingerprint density at radius 1 is 1.18 bits per heavy atom. The molecule has 0 atom stereocenters. The first kappa shape index (κ1) is 10.9. The van der Waals surface area contributed by atoms with Crippen molar-refractivity contribution >= 4 is 11.8 Å². The molecular formula is C9H17NS. The monoisotopic (exact) mass is 171 g/mol. The van der Waals surface area contributed by atoms with Crippen LogP contribution in [0.15, 0.2) is 0 Å². The van der Waals surface area contributed by atoms with Crippen LogP contribution in [0.5, 0.6) is 0 Å². The molecule has 0 aliphatic carbocycles. The van der Waals surface area contributed by atoms with Crippen molar-refractivity contribution in [1.29, 1.82) is 0 Å². The van der Waals surface area contributed by atoms with Gasteiger partial charge in [-0.05, 0) is 18.3 Å². The highest BCUT2D eigenvalue weighted by molar-refractivity contribution is 8.03. The van der Waals surface area contributed by atoms with Crippen molar-refractivity contribution in [3.63, 3.8) is 0 Å². The molecule has 0 rings (SSSR count). The molecule has 0 spiro atoms. The van der Waals surface area contributed by atoms with Crippen LogP contribution in [0.4, 0.5) is 0 Å². The molecule has 0 heterocycles. The van der Waals surface area contributed by atoms with Crippen LogP contribution in [0.2, 0.25) is 0 Å². The summed E-state index contributed by atoms with van der Waals surface area (Å²) in [5.41, 5.74) is 0. The first-order valence-corrected chi connectivity index (χ1v) is 5.15. The molecule has 0 unspecified atom stereocenters. The second-order valence-electron chi connectivity index (χ2n) is 2.17. The quantitative estimate of drug-likeness (QED) is 0.596. The average molecular weight is 171 g/mol. The van der Waals surface area contributed by atoms with Gasteiger partial charge in [-0.3, -0.25) is 4.90 Å². The van der Waals surface area contributed by atoms with E-state index in [2.05, 4.69) is 36.8 Å². The van der Waals surface area contributed by atoms with Crippen molar-refractivity contribution in [2.75, 3.05) is 25.4 Å². The molecular weight excluding hydrogens is 154 g/mol. The molecule has 0 aromatic carbocycles. The minimum absolute atomic E-state index is 0.917. The Morgan fingerprint density at radius 2 is 1.82 bits per heavy atom. The van der Waals surface area contributed by atoms with Crippen molar-refractivity contribution in [2.24, 2.45) is 0 Å². The fourth-order valence-corrected chi connectivity index (χ4v) is 1.03. The van der Waals surface area contributed by atoms with Gasteiger partial charge < -0.3 is 0 Å². The highest BCUT2D eigenvalue weighted by Crippen LogP contribution is 1.93. The lowest BCUT2D eigenvalue weighted by atomic mass is 10.5. The maximum absolute atomic E-state index is 3.13. The van der Waals surface area contributed by atoms with Crippen LogP contribution in [0.25, 0.3) is 0 Å². The van der Waals surface area contributed by atoms with Crippen molar-refractivity contribution in [2.45, 2.75) is 20.8 Å². The minimum atomic E-state index is 0.917.